The second-order valence-electron chi connectivity index (χ2n) is 4.02. The van der Waals surface area contributed by atoms with Crippen molar-refractivity contribution in [3.63, 3.8) is 0 Å². The minimum Gasteiger partial charge on any atom is -0.309 e. The van der Waals surface area contributed by atoms with Gasteiger partial charge in [-0.1, -0.05) is 29.3 Å². The molecule has 1 nitrogen and oxygen atoms in total. The van der Waals surface area contributed by atoms with Crippen LogP contribution in [0.2, 0.25) is 5.02 Å². The zero-order valence-corrected chi connectivity index (χ0v) is 13.1. The van der Waals surface area contributed by atoms with E-state index in [1.807, 2.05) is 26.1 Å². The summed E-state index contributed by atoms with van der Waals surface area (Å²) >= 11 is 10.9. The van der Waals surface area contributed by atoms with Crippen molar-refractivity contribution in [2.24, 2.45) is 0 Å². The van der Waals surface area contributed by atoms with Crippen LogP contribution in [-0.4, -0.2) is 7.05 Å². The molecule has 18 heavy (non-hydrogen) atoms. The minimum absolute atomic E-state index is 0.182. The molecule has 0 aliphatic heterocycles. The molecule has 1 unspecified atom stereocenters. The molecule has 0 saturated heterocycles. The highest BCUT2D eigenvalue weighted by atomic mass is 79.9. The van der Waals surface area contributed by atoms with E-state index in [9.17, 15) is 4.39 Å². The fourth-order valence-electron chi connectivity index (χ4n) is 1.84. The number of nitrogens with one attached hydrogen (secondary N) is 1. The fraction of sp³-hybridized carbons (Fsp3) is 0.231. The van der Waals surface area contributed by atoms with E-state index in [0.29, 0.717) is 10.6 Å². The van der Waals surface area contributed by atoms with Crippen molar-refractivity contribution < 1.29 is 4.39 Å². The first-order valence-corrected chi connectivity index (χ1v) is 7.39. The first kappa shape index (κ1) is 14.0. The maximum atomic E-state index is 13.9. The molecule has 96 valence electrons. The Kier molecular flexibility index (Phi) is 4.43. The van der Waals surface area contributed by atoms with Gasteiger partial charge in [-0.25, -0.2) is 4.39 Å². The van der Waals surface area contributed by atoms with E-state index >= 15 is 0 Å². The standard InChI is InChI=1S/C13H12BrClFNS/c1-7-3-4-10(16)8(5-7)12(17-2)11-6-9(15)13(14)18-11/h3-6,12,17H,1-2H3. The third kappa shape index (κ3) is 2.77. The van der Waals surface area contributed by atoms with E-state index in [1.54, 1.807) is 6.07 Å². The maximum Gasteiger partial charge on any atom is 0.128 e. The van der Waals surface area contributed by atoms with Gasteiger partial charge in [-0.15, -0.1) is 11.3 Å². The van der Waals surface area contributed by atoms with Crippen LogP contribution in [-0.2, 0) is 0 Å². The van der Waals surface area contributed by atoms with Gasteiger partial charge in [0.2, 0.25) is 0 Å². The number of hydrogen-bond donors (Lipinski definition) is 1. The molecule has 0 spiro atoms. The van der Waals surface area contributed by atoms with Crippen LogP contribution < -0.4 is 5.32 Å². The van der Waals surface area contributed by atoms with Crippen molar-refractivity contribution in [1.29, 1.82) is 0 Å². The number of thiophene rings is 1. The minimum atomic E-state index is -0.208. The van der Waals surface area contributed by atoms with Crippen LogP contribution in [0.1, 0.15) is 22.0 Å². The van der Waals surface area contributed by atoms with Crippen LogP contribution in [0.25, 0.3) is 0 Å². The summed E-state index contributed by atoms with van der Waals surface area (Å²) in [5.41, 5.74) is 1.68. The average molecular weight is 349 g/mol. The van der Waals surface area contributed by atoms with Crippen LogP contribution in [0.4, 0.5) is 4.39 Å². The normalized spacial score (nSPS) is 12.7. The Hall–Kier alpha value is -0.420. The maximum absolute atomic E-state index is 13.9. The summed E-state index contributed by atoms with van der Waals surface area (Å²) in [7, 11) is 1.81. The van der Waals surface area contributed by atoms with E-state index < -0.39 is 0 Å². The highest BCUT2D eigenvalue weighted by molar-refractivity contribution is 9.11. The van der Waals surface area contributed by atoms with Gasteiger partial charge in [-0.3, -0.25) is 0 Å². The summed E-state index contributed by atoms with van der Waals surface area (Å²) in [6.07, 6.45) is 0. The number of hydrogen-bond acceptors (Lipinski definition) is 2. The lowest BCUT2D eigenvalue weighted by Gasteiger charge is -2.16. The SMILES string of the molecule is CNC(c1cc(Cl)c(Br)s1)c1cc(C)ccc1F. The van der Waals surface area contributed by atoms with Gasteiger partial charge < -0.3 is 5.32 Å². The van der Waals surface area contributed by atoms with E-state index in [-0.39, 0.29) is 11.9 Å². The van der Waals surface area contributed by atoms with E-state index in [0.717, 1.165) is 14.2 Å². The molecule has 0 bridgehead atoms. The molecule has 1 N–H and O–H groups in total. The number of benzene rings is 1. The van der Waals surface area contributed by atoms with Crippen LogP contribution in [0.5, 0.6) is 0 Å². The molecule has 0 aliphatic rings. The first-order chi connectivity index (χ1) is 8.52. The predicted octanol–water partition coefficient (Wildman–Crippen LogP) is 4.92. The van der Waals surface area contributed by atoms with Crippen molar-refractivity contribution in [2.75, 3.05) is 7.05 Å². The Balaban J connectivity index is 2.48. The molecule has 1 aromatic heterocycles. The topological polar surface area (TPSA) is 12.0 Å². The van der Waals surface area contributed by atoms with Gasteiger partial charge in [0.05, 0.1) is 14.9 Å². The average Bonchev–Trinajstić information content (AvgIpc) is 2.65. The summed E-state index contributed by atoms with van der Waals surface area (Å²) < 4.78 is 14.8. The molecule has 1 atom stereocenters. The molecule has 0 fully saturated rings. The molecule has 1 aromatic carbocycles. The molecular weight excluding hydrogens is 337 g/mol. The van der Waals surface area contributed by atoms with Crippen molar-refractivity contribution in [2.45, 2.75) is 13.0 Å². The van der Waals surface area contributed by atoms with Gasteiger partial charge in [0.15, 0.2) is 0 Å². The van der Waals surface area contributed by atoms with Gasteiger partial charge in [0.25, 0.3) is 0 Å². The molecule has 0 saturated carbocycles. The van der Waals surface area contributed by atoms with Crippen molar-refractivity contribution in [1.82, 2.24) is 5.32 Å². The summed E-state index contributed by atoms with van der Waals surface area (Å²) in [6, 6.07) is 6.80. The van der Waals surface area contributed by atoms with Crippen LogP contribution >= 0.6 is 38.9 Å². The molecule has 0 amide bonds. The number of rotatable bonds is 3. The second-order valence-corrected chi connectivity index (χ2v) is 6.83. The number of aryl methyl sites for hydroxylation is 1. The zero-order valence-electron chi connectivity index (χ0n) is 9.93. The number of halogens is 3. The van der Waals surface area contributed by atoms with Crippen molar-refractivity contribution in [3.05, 3.63) is 54.9 Å². The molecule has 0 aliphatic carbocycles. The monoisotopic (exact) mass is 347 g/mol. The van der Waals surface area contributed by atoms with Crippen LogP contribution in [0, 0.1) is 12.7 Å². The smallest absolute Gasteiger partial charge is 0.128 e. The molecule has 5 heteroatoms. The Morgan fingerprint density at radius 1 is 1.39 bits per heavy atom. The summed E-state index contributed by atoms with van der Waals surface area (Å²) in [4.78, 5) is 0.985. The lowest BCUT2D eigenvalue weighted by molar-refractivity contribution is 0.578. The van der Waals surface area contributed by atoms with Gasteiger partial charge in [-0.05, 0) is 42.0 Å². The first-order valence-electron chi connectivity index (χ1n) is 5.41. The highest BCUT2D eigenvalue weighted by Crippen LogP contribution is 2.37. The third-order valence-electron chi connectivity index (χ3n) is 2.70. The quantitative estimate of drug-likeness (QED) is 0.830. The van der Waals surface area contributed by atoms with Gasteiger partial charge in [0.1, 0.15) is 5.82 Å². The van der Waals surface area contributed by atoms with E-state index in [1.165, 1.54) is 17.4 Å². The van der Waals surface area contributed by atoms with Crippen molar-refractivity contribution >= 4 is 38.9 Å². The fourth-order valence-corrected chi connectivity index (χ4v) is 3.72. The van der Waals surface area contributed by atoms with Crippen molar-refractivity contribution in [3.8, 4) is 0 Å². The summed E-state index contributed by atoms with van der Waals surface area (Å²) in [6.45, 7) is 1.95. The lowest BCUT2D eigenvalue weighted by Crippen LogP contribution is -2.18. The second kappa shape index (κ2) is 5.70. The molecule has 2 rings (SSSR count). The Morgan fingerprint density at radius 3 is 2.67 bits per heavy atom. The van der Waals surface area contributed by atoms with Crippen LogP contribution in [0.15, 0.2) is 28.1 Å². The molecule has 2 aromatic rings. The third-order valence-corrected chi connectivity index (χ3v) is 5.24. The molecular formula is C13H12BrClFNS. The molecule has 0 radical (unpaired) electrons. The summed E-state index contributed by atoms with van der Waals surface area (Å²) in [5.74, 6) is -0.208. The predicted molar refractivity (Wildman–Crippen MR) is 79.1 cm³/mol. The van der Waals surface area contributed by atoms with Gasteiger partial charge >= 0.3 is 0 Å². The lowest BCUT2D eigenvalue weighted by atomic mass is 10.0. The molecule has 1 heterocycles. The Bertz CT molecular complexity index is 551. The largest absolute Gasteiger partial charge is 0.309 e. The van der Waals surface area contributed by atoms with E-state index in [4.69, 9.17) is 11.6 Å². The van der Waals surface area contributed by atoms with E-state index in [2.05, 4.69) is 21.2 Å². The Morgan fingerprint density at radius 2 is 2.11 bits per heavy atom. The van der Waals surface area contributed by atoms with Gasteiger partial charge in [0, 0.05) is 10.4 Å². The highest BCUT2D eigenvalue weighted by Gasteiger charge is 2.19. The summed E-state index contributed by atoms with van der Waals surface area (Å²) in [5, 5.41) is 3.79. The zero-order chi connectivity index (χ0) is 13.3. The Labute approximate surface area is 123 Å². The van der Waals surface area contributed by atoms with Crippen LogP contribution in [0.3, 0.4) is 0 Å². The van der Waals surface area contributed by atoms with Gasteiger partial charge in [-0.2, -0.15) is 0 Å².